The summed E-state index contributed by atoms with van der Waals surface area (Å²) in [6, 6.07) is 4.16. The fraction of sp³-hybridized carbons (Fsp3) is 0.692. The van der Waals surface area contributed by atoms with E-state index in [0.717, 1.165) is 36.3 Å². The van der Waals surface area contributed by atoms with E-state index in [4.69, 9.17) is 4.42 Å². The predicted molar refractivity (Wildman–Crippen MR) is 71.7 cm³/mol. The first-order chi connectivity index (χ1) is 7.63. The Balaban J connectivity index is 2.34. The Kier molecular flexibility index (Phi) is 5.99. The molecule has 0 radical (unpaired) electrons. The molecule has 0 bridgehead atoms. The molecule has 1 heterocycles. The molecule has 0 saturated heterocycles. The van der Waals surface area contributed by atoms with Gasteiger partial charge in [-0.2, -0.15) is 11.8 Å². The molecule has 92 valence electrons. The summed E-state index contributed by atoms with van der Waals surface area (Å²) in [7, 11) is 0. The molecule has 3 heteroatoms. The van der Waals surface area contributed by atoms with E-state index in [1.807, 2.05) is 11.8 Å². The Bertz CT molecular complexity index is 296. The number of furan rings is 1. The molecule has 1 N–H and O–H groups in total. The van der Waals surface area contributed by atoms with Crippen LogP contribution >= 0.6 is 11.8 Å². The highest BCUT2D eigenvalue weighted by Gasteiger charge is 2.09. The van der Waals surface area contributed by atoms with E-state index >= 15 is 0 Å². The van der Waals surface area contributed by atoms with Crippen LogP contribution in [0.25, 0.3) is 0 Å². The van der Waals surface area contributed by atoms with Crippen LogP contribution in [0.5, 0.6) is 0 Å². The zero-order valence-corrected chi connectivity index (χ0v) is 11.6. The average Bonchev–Trinajstić information content (AvgIpc) is 2.70. The fourth-order valence-electron chi connectivity index (χ4n) is 1.25. The molecule has 0 amide bonds. The van der Waals surface area contributed by atoms with Crippen molar-refractivity contribution in [3.63, 3.8) is 0 Å². The molecule has 0 fully saturated rings. The van der Waals surface area contributed by atoms with Crippen LogP contribution in [0.15, 0.2) is 16.5 Å². The Morgan fingerprint density at radius 2 is 1.94 bits per heavy atom. The number of rotatable bonds is 7. The molecule has 0 saturated carbocycles. The molecule has 1 aromatic heterocycles. The Labute approximate surface area is 103 Å². The zero-order valence-electron chi connectivity index (χ0n) is 10.7. The maximum absolute atomic E-state index is 5.73. The smallest absolute Gasteiger partial charge is 0.117 e. The van der Waals surface area contributed by atoms with E-state index in [9.17, 15) is 0 Å². The van der Waals surface area contributed by atoms with Crippen LogP contribution in [-0.4, -0.2) is 11.8 Å². The van der Waals surface area contributed by atoms with Crippen LogP contribution < -0.4 is 5.32 Å². The summed E-state index contributed by atoms with van der Waals surface area (Å²) in [5, 5.41) is 3.94. The summed E-state index contributed by atoms with van der Waals surface area (Å²) >= 11 is 1.96. The Morgan fingerprint density at radius 3 is 2.56 bits per heavy atom. The molecule has 0 aromatic carbocycles. The van der Waals surface area contributed by atoms with Crippen molar-refractivity contribution in [2.75, 3.05) is 6.54 Å². The van der Waals surface area contributed by atoms with Crippen molar-refractivity contribution in [1.29, 1.82) is 0 Å². The number of hydrogen-bond donors (Lipinski definition) is 1. The highest BCUT2D eigenvalue weighted by atomic mass is 32.2. The van der Waals surface area contributed by atoms with Gasteiger partial charge in [0, 0.05) is 5.25 Å². The molecular weight excluding hydrogens is 218 g/mol. The summed E-state index contributed by atoms with van der Waals surface area (Å²) in [5.41, 5.74) is 0. The van der Waals surface area contributed by atoms with Crippen molar-refractivity contribution in [2.24, 2.45) is 5.92 Å². The first-order valence-electron chi connectivity index (χ1n) is 6.03. The van der Waals surface area contributed by atoms with Crippen molar-refractivity contribution < 1.29 is 4.42 Å². The summed E-state index contributed by atoms with van der Waals surface area (Å²) in [6.07, 6.45) is 0. The van der Waals surface area contributed by atoms with E-state index in [2.05, 4.69) is 45.1 Å². The minimum Gasteiger partial charge on any atom is -0.464 e. The van der Waals surface area contributed by atoms with Gasteiger partial charge in [-0.05, 0) is 24.6 Å². The molecule has 0 spiro atoms. The fourth-order valence-corrected chi connectivity index (χ4v) is 2.22. The predicted octanol–water partition coefficient (Wildman–Crippen LogP) is 3.67. The summed E-state index contributed by atoms with van der Waals surface area (Å²) in [6.45, 7) is 10.7. The van der Waals surface area contributed by atoms with Gasteiger partial charge in [-0.3, -0.25) is 0 Å². The first-order valence-corrected chi connectivity index (χ1v) is 7.08. The normalized spacial score (nSPS) is 13.3. The number of nitrogens with one attached hydrogen (secondary N) is 1. The van der Waals surface area contributed by atoms with E-state index in [1.54, 1.807) is 0 Å². The summed E-state index contributed by atoms with van der Waals surface area (Å²) in [5.74, 6) is 3.83. The van der Waals surface area contributed by atoms with Crippen molar-refractivity contribution in [3.8, 4) is 0 Å². The van der Waals surface area contributed by atoms with E-state index in [-0.39, 0.29) is 0 Å². The number of hydrogen-bond acceptors (Lipinski definition) is 3. The number of thioether (sulfide) groups is 1. The second kappa shape index (κ2) is 7.02. The van der Waals surface area contributed by atoms with E-state index in [1.165, 1.54) is 0 Å². The van der Waals surface area contributed by atoms with Crippen LogP contribution in [0.3, 0.4) is 0 Å². The van der Waals surface area contributed by atoms with Crippen molar-refractivity contribution in [2.45, 2.75) is 45.2 Å². The van der Waals surface area contributed by atoms with Gasteiger partial charge < -0.3 is 9.73 Å². The molecule has 1 aromatic rings. The maximum Gasteiger partial charge on any atom is 0.117 e. The monoisotopic (exact) mass is 241 g/mol. The molecule has 0 aliphatic rings. The largest absolute Gasteiger partial charge is 0.464 e. The third-order valence-corrected chi connectivity index (χ3v) is 4.22. The second-order valence-corrected chi connectivity index (χ2v) is 5.77. The molecular formula is C13H23NOS. The summed E-state index contributed by atoms with van der Waals surface area (Å²) < 4.78 is 5.73. The van der Waals surface area contributed by atoms with Crippen LogP contribution in [0, 0.1) is 5.92 Å². The van der Waals surface area contributed by atoms with Crippen molar-refractivity contribution in [3.05, 3.63) is 23.7 Å². The van der Waals surface area contributed by atoms with E-state index < -0.39 is 0 Å². The minimum atomic E-state index is 0.683. The van der Waals surface area contributed by atoms with Gasteiger partial charge in [-0.1, -0.05) is 27.7 Å². The molecule has 16 heavy (non-hydrogen) atoms. The van der Waals surface area contributed by atoms with Gasteiger partial charge in [-0.25, -0.2) is 0 Å². The topological polar surface area (TPSA) is 25.2 Å². The quantitative estimate of drug-likeness (QED) is 0.788. The minimum absolute atomic E-state index is 0.683. The van der Waals surface area contributed by atoms with Crippen LogP contribution in [0.1, 0.15) is 39.2 Å². The molecule has 1 rings (SSSR count). The van der Waals surface area contributed by atoms with Crippen LogP contribution in [-0.2, 0) is 12.3 Å². The van der Waals surface area contributed by atoms with Crippen LogP contribution in [0.4, 0.5) is 0 Å². The van der Waals surface area contributed by atoms with Gasteiger partial charge in [0.05, 0.1) is 12.3 Å². The molecule has 1 unspecified atom stereocenters. The lowest BCUT2D eigenvalue weighted by Crippen LogP contribution is -2.10. The second-order valence-electron chi connectivity index (χ2n) is 4.41. The molecule has 1 atom stereocenters. The van der Waals surface area contributed by atoms with E-state index in [0.29, 0.717) is 5.25 Å². The Hall–Kier alpha value is -0.410. The highest BCUT2D eigenvalue weighted by molar-refractivity contribution is 7.99. The van der Waals surface area contributed by atoms with Crippen LogP contribution in [0.2, 0.25) is 0 Å². The maximum atomic E-state index is 5.73. The standard InChI is InChI=1S/C13H23NOS/c1-5-14-8-12-6-7-13(15-12)9-16-11(4)10(2)3/h6-7,10-11,14H,5,8-9H2,1-4H3. The zero-order chi connectivity index (χ0) is 12.0. The van der Waals surface area contributed by atoms with Gasteiger partial charge in [0.15, 0.2) is 0 Å². The van der Waals surface area contributed by atoms with Crippen molar-refractivity contribution >= 4 is 11.8 Å². The van der Waals surface area contributed by atoms with Gasteiger partial charge in [0.25, 0.3) is 0 Å². The molecule has 2 nitrogen and oxygen atoms in total. The molecule has 0 aliphatic carbocycles. The first kappa shape index (κ1) is 13.7. The summed E-state index contributed by atoms with van der Waals surface area (Å²) in [4.78, 5) is 0. The average molecular weight is 241 g/mol. The lowest BCUT2D eigenvalue weighted by Gasteiger charge is -2.13. The lowest BCUT2D eigenvalue weighted by atomic mass is 10.2. The van der Waals surface area contributed by atoms with Crippen molar-refractivity contribution in [1.82, 2.24) is 5.32 Å². The van der Waals surface area contributed by atoms with Gasteiger partial charge in [0.2, 0.25) is 0 Å². The lowest BCUT2D eigenvalue weighted by molar-refractivity contribution is 0.462. The Morgan fingerprint density at radius 1 is 1.25 bits per heavy atom. The van der Waals surface area contributed by atoms with Gasteiger partial charge >= 0.3 is 0 Å². The highest BCUT2D eigenvalue weighted by Crippen LogP contribution is 2.24. The van der Waals surface area contributed by atoms with Gasteiger partial charge in [0.1, 0.15) is 11.5 Å². The SMILES string of the molecule is CCNCc1ccc(CSC(C)C(C)C)o1. The third kappa shape index (κ3) is 4.62. The molecule has 0 aliphatic heterocycles. The third-order valence-electron chi connectivity index (χ3n) is 2.69. The van der Waals surface area contributed by atoms with Gasteiger partial charge in [-0.15, -0.1) is 0 Å².